The molecular formula is C16H17N5O2S. The van der Waals surface area contributed by atoms with E-state index in [9.17, 15) is 4.79 Å². The van der Waals surface area contributed by atoms with E-state index < -0.39 is 0 Å². The van der Waals surface area contributed by atoms with Crippen LogP contribution < -0.4 is 0 Å². The summed E-state index contributed by atoms with van der Waals surface area (Å²) in [4.78, 5) is 22.1. The average molecular weight is 343 g/mol. The average Bonchev–Trinajstić information content (AvgIpc) is 2.99. The van der Waals surface area contributed by atoms with Crippen molar-refractivity contribution in [1.29, 1.82) is 0 Å². The lowest BCUT2D eigenvalue weighted by atomic mass is 10.2. The van der Waals surface area contributed by atoms with Crippen LogP contribution in [0.4, 0.5) is 0 Å². The first-order valence-corrected chi connectivity index (χ1v) is 8.74. The fraction of sp³-hybridized carbons (Fsp3) is 0.375. The molecule has 1 amide bonds. The highest BCUT2D eigenvalue weighted by Gasteiger charge is 2.24. The van der Waals surface area contributed by atoms with Crippen molar-refractivity contribution in [3.8, 4) is 0 Å². The number of hydrogen-bond acceptors (Lipinski definition) is 6. The zero-order valence-corrected chi connectivity index (χ0v) is 14.0. The maximum Gasteiger partial charge on any atom is 0.236 e. The topological polar surface area (TPSA) is 84.0 Å². The van der Waals surface area contributed by atoms with Crippen molar-refractivity contribution in [3.63, 3.8) is 0 Å². The minimum Gasteiger partial charge on any atom is -0.378 e. The molecule has 2 aromatic heterocycles. The Balaban J connectivity index is 1.55. The summed E-state index contributed by atoms with van der Waals surface area (Å²) in [6.45, 7) is 4.36. The molecule has 1 N–H and O–H groups in total. The van der Waals surface area contributed by atoms with Crippen molar-refractivity contribution in [3.05, 3.63) is 24.3 Å². The molecule has 3 aromatic rings. The second kappa shape index (κ2) is 6.37. The number of thioether (sulfide) groups is 1. The number of morpholine rings is 1. The molecule has 0 unspecified atom stereocenters. The SMILES string of the molecule is C[C@@H](Sc1nnc2c(n1)[nH]c1ccccc12)C(=O)N1CCOCC1. The fourth-order valence-corrected chi connectivity index (χ4v) is 3.60. The minimum absolute atomic E-state index is 0.0867. The molecule has 0 spiro atoms. The maximum atomic E-state index is 12.5. The van der Waals surface area contributed by atoms with E-state index in [1.54, 1.807) is 0 Å². The van der Waals surface area contributed by atoms with Gasteiger partial charge in [0.05, 0.1) is 18.5 Å². The predicted molar refractivity (Wildman–Crippen MR) is 91.9 cm³/mol. The van der Waals surface area contributed by atoms with Crippen LogP contribution in [0.25, 0.3) is 22.1 Å². The van der Waals surface area contributed by atoms with Crippen LogP contribution in [0.15, 0.2) is 29.4 Å². The van der Waals surface area contributed by atoms with Crippen molar-refractivity contribution in [1.82, 2.24) is 25.1 Å². The van der Waals surface area contributed by atoms with Crippen molar-refractivity contribution in [2.24, 2.45) is 0 Å². The summed E-state index contributed by atoms with van der Waals surface area (Å²) in [5.41, 5.74) is 2.43. The van der Waals surface area contributed by atoms with Crippen LogP contribution >= 0.6 is 11.8 Å². The van der Waals surface area contributed by atoms with Crippen LogP contribution in [-0.2, 0) is 9.53 Å². The molecule has 24 heavy (non-hydrogen) atoms. The molecule has 8 heteroatoms. The first-order chi connectivity index (χ1) is 11.7. The van der Waals surface area contributed by atoms with Gasteiger partial charge in [-0.3, -0.25) is 4.79 Å². The number of fused-ring (bicyclic) bond motifs is 3. The number of hydrogen-bond donors (Lipinski definition) is 1. The lowest BCUT2D eigenvalue weighted by Crippen LogP contribution is -2.44. The summed E-state index contributed by atoms with van der Waals surface area (Å²) in [6.07, 6.45) is 0. The lowest BCUT2D eigenvalue weighted by molar-refractivity contribution is -0.134. The Morgan fingerprint density at radius 2 is 2.08 bits per heavy atom. The van der Waals surface area contributed by atoms with E-state index in [0.29, 0.717) is 37.1 Å². The number of benzene rings is 1. The Kier molecular flexibility index (Phi) is 4.07. The number of H-pyrrole nitrogens is 1. The van der Waals surface area contributed by atoms with Crippen LogP contribution in [-0.4, -0.2) is 62.5 Å². The second-order valence-corrected chi connectivity index (χ2v) is 6.97. The summed E-state index contributed by atoms with van der Waals surface area (Å²) in [6, 6.07) is 7.89. The zero-order chi connectivity index (χ0) is 16.5. The molecule has 7 nitrogen and oxygen atoms in total. The molecule has 1 atom stereocenters. The monoisotopic (exact) mass is 343 g/mol. The molecule has 0 radical (unpaired) electrons. The third-order valence-electron chi connectivity index (χ3n) is 4.06. The number of nitrogens with zero attached hydrogens (tertiary/aromatic N) is 4. The molecule has 1 aliphatic heterocycles. The number of nitrogens with one attached hydrogen (secondary N) is 1. The molecular weight excluding hydrogens is 326 g/mol. The number of carbonyl (C=O) groups excluding carboxylic acids is 1. The first kappa shape index (κ1) is 15.3. The molecule has 0 bridgehead atoms. The quantitative estimate of drug-likeness (QED) is 0.731. The van der Waals surface area contributed by atoms with Crippen LogP contribution in [0.2, 0.25) is 0 Å². The number of rotatable bonds is 3. The fourth-order valence-electron chi connectivity index (χ4n) is 2.81. The predicted octanol–water partition coefficient (Wildman–Crippen LogP) is 1.85. The first-order valence-electron chi connectivity index (χ1n) is 7.87. The van der Waals surface area contributed by atoms with E-state index in [1.807, 2.05) is 36.1 Å². The number of amides is 1. The molecule has 4 rings (SSSR count). The Morgan fingerprint density at radius 1 is 1.29 bits per heavy atom. The highest BCUT2D eigenvalue weighted by atomic mass is 32.2. The van der Waals surface area contributed by atoms with Gasteiger partial charge in [0.25, 0.3) is 0 Å². The molecule has 124 valence electrons. The van der Waals surface area contributed by atoms with E-state index in [4.69, 9.17) is 4.74 Å². The van der Waals surface area contributed by atoms with Gasteiger partial charge in [-0.2, -0.15) is 0 Å². The van der Waals surface area contributed by atoms with Crippen molar-refractivity contribution >= 4 is 39.7 Å². The van der Waals surface area contributed by atoms with Gasteiger partial charge in [-0.25, -0.2) is 4.98 Å². The Hall–Kier alpha value is -2.19. The second-order valence-electron chi connectivity index (χ2n) is 5.66. The molecule has 1 aromatic carbocycles. The molecule has 0 aliphatic carbocycles. The standard InChI is InChI=1S/C16H17N5O2S/c1-10(15(22)21-6-8-23-9-7-21)24-16-18-14-13(19-20-16)11-4-2-3-5-12(11)17-14/h2-5,10H,6-9H2,1H3,(H,17,18,20)/t10-/m1/s1. The third kappa shape index (κ3) is 2.83. The van der Waals surface area contributed by atoms with Crippen LogP contribution in [0.3, 0.4) is 0 Å². The number of aromatic nitrogens is 4. The van der Waals surface area contributed by atoms with Crippen molar-refractivity contribution in [2.45, 2.75) is 17.3 Å². The zero-order valence-electron chi connectivity index (χ0n) is 13.2. The lowest BCUT2D eigenvalue weighted by Gasteiger charge is -2.28. The summed E-state index contributed by atoms with van der Waals surface area (Å²) < 4.78 is 5.29. The van der Waals surface area contributed by atoms with Gasteiger partial charge >= 0.3 is 0 Å². The van der Waals surface area contributed by atoms with Crippen molar-refractivity contribution in [2.75, 3.05) is 26.3 Å². The third-order valence-corrected chi connectivity index (χ3v) is 4.99. The Bertz CT molecular complexity index is 890. The van der Waals surface area contributed by atoms with E-state index in [-0.39, 0.29) is 11.2 Å². The Labute approximate surface area is 142 Å². The van der Waals surface area contributed by atoms with Gasteiger partial charge in [-0.15, -0.1) is 10.2 Å². The van der Waals surface area contributed by atoms with E-state index >= 15 is 0 Å². The van der Waals surface area contributed by atoms with Gasteiger partial charge in [0, 0.05) is 24.0 Å². The minimum atomic E-state index is -0.258. The van der Waals surface area contributed by atoms with Gasteiger partial charge in [0.1, 0.15) is 5.52 Å². The molecule has 1 saturated heterocycles. The van der Waals surface area contributed by atoms with Gasteiger partial charge in [0.15, 0.2) is 5.65 Å². The van der Waals surface area contributed by atoms with Gasteiger partial charge in [0.2, 0.25) is 11.1 Å². The largest absolute Gasteiger partial charge is 0.378 e. The molecule has 3 heterocycles. The number of carbonyl (C=O) groups is 1. The summed E-state index contributed by atoms with van der Waals surface area (Å²) in [5, 5.41) is 9.71. The Morgan fingerprint density at radius 3 is 2.92 bits per heavy atom. The van der Waals surface area contributed by atoms with E-state index in [0.717, 1.165) is 16.4 Å². The number of aromatic amines is 1. The maximum absolute atomic E-state index is 12.5. The van der Waals surface area contributed by atoms with E-state index in [1.165, 1.54) is 11.8 Å². The summed E-state index contributed by atoms with van der Waals surface area (Å²) in [5.74, 6) is 0.0867. The van der Waals surface area contributed by atoms with Gasteiger partial charge in [-0.05, 0) is 13.0 Å². The summed E-state index contributed by atoms with van der Waals surface area (Å²) in [7, 11) is 0. The molecule has 1 fully saturated rings. The molecule has 1 aliphatic rings. The molecule has 0 saturated carbocycles. The van der Waals surface area contributed by atoms with Crippen molar-refractivity contribution < 1.29 is 9.53 Å². The normalized spacial score (nSPS) is 16.6. The van der Waals surface area contributed by atoms with Crippen LogP contribution in [0, 0.1) is 0 Å². The van der Waals surface area contributed by atoms with Gasteiger partial charge in [-0.1, -0.05) is 30.0 Å². The smallest absolute Gasteiger partial charge is 0.236 e. The number of para-hydroxylation sites is 1. The highest BCUT2D eigenvalue weighted by molar-refractivity contribution is 8.00. The van der Waals surface area contributed by atoms with E-state index in [2.05, 4.69) is 20.2 Å². The van der Waals surface area contributed by atoms with Crippen LogP contribution in [0.5, 0.6) is 0 Å². The van der Waals surface area contributed by atoms with Crippen LogP contribution in [0.1, 0.15) is 6.92 Å². The summed E-state index contributed by atoms with van der Waals surface area (Å²) >= 11 is 1.33. The van der Waals surface area contributed by atoms with Gasteiger partial charge < -0.3 is 14.6 Å². The highest BCUT2D eigenvalue weighted by Crippen LogP contribution is 2.25. The number of ether oxygens (including phenoxy) is 1.